The number of hydrogen-bond acceptors (Lipinski definition) is 5. The van der Waals surface area contributed by atoms with E-state index in [1.54, 1.807) is 6.07 Å². The van der Waals surface area contributed by atoms with Gasteiger partial charge in [-0.1, -0.05) is 6.92 Å². The Balaban J connectivity index is 1.90. The van der Waals surface area contributed by atoms with Crippen LogP contribution in [0.15, 0.2) is 20.1 Å². The number of phenols is 2. The zero-order valence-corrected chi connectivity index (χ0v) is 15.5. The highest BCUT2D eigenvalue weighted by atomic mass is 79.9. The first-order valence-corrected chi connectivity index (χ1v) is 9.05. The third-order valence-corrected chi connectivity index (χ3v) is 5.74. The predicted molar refractivity (Wildman–Crippen MR) is 93.3 cm³/mol. The molecule has 1 aromatic carbocycles. The fourth-order valence-electron chi connectivity index (χ4n) is 3.27. The molecule has 3 N–H and O–H groups in total. The molecule has 2 aliphatic heterocycles. The van der Waals surface area contributed by atoms with Gasteiger partial charge in [0.25, 0.3) is 0 Å². The summed E-state index contributed by atoms with van der Waals surface area (Å²) in [4.78, 5) is 2.45. The van der Waals surface area contributed by atoms with Crippen molar-refractivity contribution in [1.29, 1.82) is 0 Å². The van der Waals surface area contributed by atoms with Crippen LogP contribution in [0.2, 0.25) is 0 Å². The highest BCUT2D eigenvalue weighted by Crippen LogP contribution is 2.46. The van der Waals surface area contributed by atoms with Crippen LogP contribution in [0.1, 0.15) is 31.4 Å². The van der Waals surface area contributed by atoms with Gasteiger partial charge in [0.2, 0.25) is 0 Å². The number of fused-ring (bicyclic) bond motifs is 1. The average Bonchev–Trinajstić information content (AvgIpc) is 2.92. The SMILES string of the molecule is CCCN1CCC2=NNC(c3cc(Br)c(O)c(Br)c3O)C2C1. The number of aromatic hydroxyl groups is 2. The number of rotatable bonds is 3. The largest absolute Gasteiger partial charge is 0.506 e. The Hall–Kier alpha value is -0.790. The highest BCUT2D eigenvalue weighted by Gasteiger charge is 2.38. The Morgan fingerprint density at radius 2 is 2.14 bits per heavy atom. The molecule has 22 heavy (non-hydrogen) atoms. The lowest BCUT2D eigenvalue weighted by molar-refractivity contribution is 0.227. The summed E-state index contributed by atoms with van der Waals surface area (Å²) in [5.74, 6) is 0.341. The number of phenolic OH excluding ortho intramolecular Hbond substituents is 2. The molecule has 2 aliphatic rings. The molecule has 0 saturated carbocycles. The molecule has 2 atom stereocenters. The molecule has 1 fully saturated rings. The zero-order valence-electron chi connectivity index (χ0n) is 12.3. The summed E-state index contributed by atoms with van der Waals surface area (Å²) in [6.45, 7) is 5.27. The molecule has 0 aliphatic carbocycles. The maximum Gasteiger partial charge on any atom is 0.147 e. The molecule has 1 saturated heterocycles. The summed E-state index contributed by atoms with van der Waals surface area (Å²) < 4.78 is 0.872. The van der Waals surface area contributed by atoms with Gasteiger partial charge < -0.3 is 20.5 Å². The van der Waals surface area contributed by atoms with Crippen molar-refractivity contribution in [3.63, 3.8) is 0 Å². The van der Waals surface area contributed by atoms with E-state index in [0.717, 1.165) is 38.0 Å². The number of nitrogens with one attached hydrogen (secondary N) is 1. The fraction of sp³-hybridized carbons (Fsp3) is 0.533. The van der Waals surface area contributed by atoms with E-state index in [9.17, 15) is 10.2 Å². The monoisotopic (exact) mass is 431 g/mol. The van der Waals surface area contributed by atoms with Crippen LogP contribution in [0.5, 0.6) is 11.5 Å². The summed E-state index contributed by atoms with van der Waals surface area (Å²) in [6.07, 6.45) is 2.11. The van der Waals surface area contributed by atoms with Crippen LogP contribution >= 0.6 is 31.9 Å². The maximum atomic E-state index is 10.4. The number of hydrazone groups is 1. The fourth-order valence-corrected chi connectivity index (χ4v) is 4.42. The maximum absolute atomic E-state index is 10.4. The molecule has 2 heterocycles. The molecule has 5 nitrogen and oxygen atoms in total. The van der Waals surface area contributed by atoms with E-state index in [-0.39, 0.29) is 23.5 Å². The Labute approximate surface area is 146 Å². The normalized spacial score (nSPS) is 24.8. The quantitative estimate of drug-likeness (QED) is 0.685. The van der Waals surface area contributed by atoms with E-state index >= 15 is 0 Å². The molecule has 120 valence electrons. The zero-order chi connectivity index (χ0) is 15.9. The van der Waals surface area contributed by atoms with Gasteiger partial charge in [-0.05, 0) is 50.9 Å². The summed E-state index contributed by atoms with van der Waals surface area (Å²) in [6, 6.07) is 1.70. The Bertz CT molecular complexity index is 621. The third-order valence-electron chi connectivity index (χ3n) is 4.39. The van der Waals surface area contributed by atoms with E-state index in [4.69, 9.17) is 0 Å². The van der Waals surface area contributed by atoms with Crippen LogP contribution in [0.3, 0.4) is 0 Å². The van der Waals surface area contributed by atoms with Gasteiger partial charge in [-0.25, -0.2) is 0 Å². The molecule has 0 spiro atoms. The van der Waals surface area contributed by atoms with Gasteiger partial charge >= 0.3 is 0 Å². The molecule has 0 aromatic heterocycles. The molecule has 0 radical (unpaired) electrons. The van der Waals surface area contributed by atoms with Gasteiger partial charge in [-0.15, -0.1) is 0 Å². The van der Waals surface area contributed by atoms with Crippen molar-refractivity contribution < 1.29 is 10.2 Å². The summed E-state index contributed by atoms with van der Waals surface area (Å²) >= 11 is 6.58. The number of benzene rings is 1. The van der Waals surface area contributed by atoms with E-state index < -0.39 is 0 Å². The average molecular weight is 433 g/mol. The molecule has 2 unspecified atom stereocenters. The number of nitrogens with zero attached hydrogens (tertiary/aromatic N) is 2. The van der Waals surface area contributed by atoms with Crippen molar-refractivity contribution in [2.75, 3.05) is 19.6 Å². The summed E-state index contributed by atoms with van der Waals surface area (Å²) in [5, 5.41) is 24.7. The molecule has 0 bridgehead atoms. The minimum absolute atomic E-state index is 0.0108. The van der Waals surface area contributed by atoms with Gasteiger partial charge in [0, 0.05) is 36.7 Å². The van der Waals surface area contributed by atoms with E-state index in [1.807, 2.05) is 0 Å². The van der Waals surface area contributed by atoms with Gasteiger partial charge in [0.15, 0.2) is 0 Å². The van der Waals surface area contributed by atoms with Crippen molar-refractivity contribution >= 4 is 37.6 Å². The first-order valence-electron chi connectivity index (χ1n) is 7.47. The van der Waals surface area contributed by atoms with Crippen molar-refractivity contribution in [1.82, 2.24) is 10.3 Å². The second-order valence-corrected chi connectivity index (χ2v) is 7.47. The second kappa shape index (κ2) is 6.37. The van der Waals surface area contributed by atoms with Crippen molar-refractivity contribution in [2.45, 2.75) is 25.8 Å². The smallest absolute Gasteiger partial charge is 0.147 e. The first-order chi connectivity index (χ1) is 10.5. The van der Waals surface area contributed by atoms with Crippen LogP contribution in [0.25, 0.3) is 0 Å². The second-order valence-electron chi connectivity index (χ2n) is 5.83. The predicted octanol–water partition coefficient (Wildman–Crippen LogP) is 3.36. The topological polar surface area (TPSA) is 68.1 Å². The number of halogens is 2. The number of hydrogen-bond donors (Lipinski definition) is 3. The standard InChI is InChI=1S/C15H19Br2N3O2/c1-2-4-20-5-3-11-9(7-20)13(19-18-11)8-6-10(16)15(22)12(17)14(8)21/h6,9,13,19,21-22H,2-5,7H2,1H3. The van der Waals surface area contributed by atoms with Crippen molar-refractivity contribution in [2.24, 2.45) is 11.0 Å². The molecule has 1 aromatic rings. The van der Waals surface area contributed by atoms with Crippen molar-refractivity contribution in [3.05, 3.63) is 20.6 Å². The molecule has 3 rings (SSSR count). The van der Waals surface area contributed by atoms with Crippen LogP contribution in [-0.4, -0.2) is 40.5 Å². The third kappa shape index (κ3) is 2.74. The lowest BCUT2D eigenvalue weighted by atomic mass is 9.86. The van der Waals surface area contributed by atoms with Crippen LogP contribution in [0, 0.1) is 5.92 Å². The van der Waals surface area contributed by atoms with Gasteiger partial charge in [-0.3, -0.25) is 0 Å². The molecular weight excluding hydrogens is 414 g/mol. The molecule has 0 amide bonds. The Morgan fingerprint density at radius 1 is 1.36 bits per heavy atom. The van der Waals surface area contributed by atoms with Crippen LogP contribution < -0.4 is 5.43 Å². The first kappa shape index (κ1) is 16.1. The van der Waals surface area contributed by atoms with Crippen LogP contribution in [-0.2, 0) is 0 Å². The Kier molecular flexibility index (Phi) is 4.66. The lowest BCUT2D eigenvalue weighted by Crippen LogP contribution is -2.42. The van der Waals surface area contributed by atoms with Gasteiger partial charge in [0.1, 0.15) is 16.0 Å². The number of likely N-dealkylation sites (tertiary alicyclic amines) is 1. The lowest BCUT2D eigenvalue weighted by Gasteiger charge is -2.33. The summed E-state index contributed by atoms with van der Waals surface area (Å²) in [7, 11) is 0. The van der Waals surface area contributed by atoms with Crippen LogP contribution in [0.4, 0.5) is 0 Å². The minimum atomic E-state index is -0.0668. The van der Waals surface area contributed by atoms with Crippen molar-refractivity contribution in [3.8, 4) is 11.5 Å². The molecule has 7 heteroatoms. The van der Waals surface area contributed by atoms with Gasteiger partial charge in [0.05, 0.1) is 10.5 Å². The number of piperidine rings is 1. The van der Waals surface area contributed by atoms with E-state index in [1.165, 1.54) is 5.71 Å². The van der Waals surface area contributed by atoms with E-state index in [0.29, 0.717) is 8.95 Å². The van der Waals surface area contributed by atoms with E-state index in [2.05, 4.69) is 54.2 Å². The van der Waals surface area contributed by atoms with Gasteiger partial charge in [-0.2, -0.15) is 5.10 Å². The minimum Gasteiger partial charge on any atom is -0.506 e. The highest BCUT2D eigenvalue weighted by molar-refractivity contribution is 9.11. The summed E-state index contributed by atoms with van der Waals surface area (Å²) in [5.41, 5.74) is 5.10. The molecular formula is C15H19Br2N3O2. The Morgan fingerprint density at radius 3 is 2.86 bits per heavy atom.